The van der Waals surface area contributed by atoms with E-state index in [1.807, 2.05) is 29.2 Å². The van der Waals surface area contributed by atoms with Crippen LogP contribution in [-0.2, 0) is 17.9 Å². The topological polar surface area (TPSA) is 63.5 Å². The molecule has 1 saturated heterocycles. The first-order valence-corrected chi connectivity index (χ1v) is 10.6. The zero-order chi connectivity index (χ0) is 21.4. The van der Waals surface area contributed by atoms with Crippen molar-refractivity contribution in [2.75, 3.05) is 31.1 Å². The number of carbonyl (C=O) groups is 1. The van der Waals surface area contributed by atoms with Gasteiger partial charge in [0.1, 0.15) is 11.9 Å². The van der Waals surface area contributed by atoms with Gasteiger partial charge in [0.25, 0.3) is 5.91 Å². The number of ether oxygens (including phenoxy) is 1. The lowest BCUT2D eigenvalue weighted by Gasteiger charge is -2.36. The molecule has 0 unspecified atom stereocenters. The number of carbonyl (C=O) groups excluding carboxylic acids is 1. The molecule has 3 aromatic rings. The number of hydrogen-bond donors (Lipinski definition) is 0. The van der Waals surface area contributed by atoms with Crippen molar-refractivity contribution in [1.82, 2.24) is 19.9 Å². The van der Waals surface area contributed by atoms with Gasteiger partial charge in [-0.3, -0.25) is 4.79 Å². The summed E-state index contributed by atoms with van der Waals surface area (Å²) < 4.78 is 20.8. The molecule has 0 aliphatic carbocycles. The number of fused-ring (bicyclic) bond motifs is 1. The largest absolute Gasteiger partial charge is 0.368 e. The predicted octanol–water partition coefficient (Wildman–Crippen LogP) is 3.30. The van der Waals surface area contributed by atoms with E-state index in [9.17, 15) is 9.18 Å². The fourth-order valence-electron chi connectivity index (χ4n) is 4.03. The Hall–Kier alpha value is -2.97. The van der Waals surface area contributed by atoms with Crippen LogP contribution in [0.3, 0.4) is 0 Å². The van der Waals surface area contributed by atoms with Gasteiger partial charge < -0.3 is 14.5 Å². The maximum atomic E-state index is 13.2. The number of piperazine rings is 1. The van der Waals surface area contributed by atoms with Crippen molar-refractivity contribution in [3.05, 3.63) is 76.3 Å². The fraction of sp³-hybridized carbons (Fsp3) is 0.318. The summed E-state index contributed by atoms with van der Waals surface area (Å²) in [6, 6.07) is 14.0. The number of nitrogens with zero attached hydrogens (tertiary/aromatic N) is 5. The highest BCUT2D eigenvalue weighted by Crippen LogP contribution is 2.28. The van der Waals surface area contributed by atoms with Crippen molar-refractivity contribution in [1.29, 1.82) is 0 Å². The molecule has 1 fully saturated rings. The second kappa shape index (κ2) is 8.28. The van der Waals surface area contributed by atoms with Crippen molar-refractivity contribution in [3.8, 4) is 0 Å². The van der Waals surface area contributed by atoms with Crippen LogP contribution < -0.4 is 4.90 Å². The van der Waals surface area contributed by atoms with Crippen molar-refractivity contribution in [2.24, 2.45) is 0 Å². The molecule has 0 N–H and O–H groups in total. The molecule has 0 bridgehead atoms. The van der Waals surface area contributed by atoms with Gasteiger partial charge in [-0.15, -0.1) is 5.10 Å². The van der Waals surface area contributed by atoms with Gasteiger partial charge in [-0.05, 0) is 42.0 Å². The highest BCUT2D eigenvalue weighted by Gasteiger charge is 2.31. The summed E-state index contributed by atoms with van der Waals surface area (Å²) in [4.78, 5) is 17.1. The first-order chi connectivity index (χ1) is 15.1. The van der Waals surface area contributed by atoms with Crippen LogP contribution in [0.15, 0.2) is 48.5 Å². The average Bonchev–Trinajstić information content (AvgIpc) is 3.23. The minimum atomic E-state index is -0.287. The molecule has 1 atom stereocenters. The van der Waals surface area contributed by atoms with E-state index in [0.717, 1.165) is 24.3 Å². The molecule has 3 heterocycles. The highest BCUT2D eigenvalue weighted by molar-refractivity contribution is 6.30. The molecule has 2 aliphatic heterocycles. The van der Waals surface area contributed by atoms with E-state index in [4.69, 9.17) is 16.3 Å². The summed E-state index contributed by atoms with van der Waals surface area (Å²) in [6.45, 7) is 3.35. The fourth-order valence-corrected chi connectivity index (χ4v) is 4.15. The van der Waals surface area contributed by atoms with Crippen molar-refractivity contribution in [3.63, 3.8) is 0 Å². The van der Waals surface area contributed by atoms with Gasteiger partial charge >= 0.3 is 0 Å². The van der Waals surface area contributed by atoms with Crippen LogP contribution in [0.2, 0.25) is 5.02 Å². The lowest BCUT2D eigenvalue weighted by Crippen LogP contribution is -2.49. The number of hydrogen-bond acceptors (Lipinski definition) is 5. The van der Waals surface area contributed by atoms with Crippen LogP contribution in [0.4, 0.5) is 10.1 Å². The predicted molar refractivity (Wildman–Crippen MR) is 114 cm³/mol. The molecule has 1 aromatic heterocycles. The molecule has 2 aromatic carbocycles. The number of rotatable bonds is 3. The van der Waals surface area contributed by atoms with E-state index in [1.54, 1.807) is 16.8 Å². The van der Waals surface area contributed by atoms with Crippen LogP contribution >= 0.6 is 11.6 Å². The molecule has 2 aliphatic rings. The maximum Gasteiger partial charge on any atom is 0.276 e. The van der Waals surface area contributed by atoms with E-state index < -0.39 is 0 Å². The molecule has 1 amide bonds. The van der Waals surface area contributed by atoms with E-state index in [2.05, 4.69) is 15.2 Å². The van der Waals surface area contributed by atoms with Crippen molar-refractivity contribution in [2.45, 2.75) is 19.3 Å². The molecule has 0 radical (unpaired) electrons. The quantitative estimate of drug-likeness (QED) is 0.624. The summed E-state index contributed by atoms with van der Waals surface area (Å²) >= 11 is 5.97. The molecular formula is C22H21ClFN5O2. The average molecular weight is 442 g/mol. The highest BCUT2D eigenvalue weighted by atomic mass is 35.5. The molecule has 5 rings (SSSR count). The zero-order valence-electron chi connectivity index (χ0n) is 16.7. The Balaban J connectivity index is 1.24. The normalized spacial score (nSPS) is 18.7. The number of aromatic nitrogens is 3. The van der Waals surface area contributed by atoms with Crippen molar-refractivity contribution >= 4 is 23.2 Å². The molecule has 0 saturated carbocycles. The lowest BCUT2D eigenvalue weighted by molar-refractivity contribution is -0.00199. The Kier molecular flexibility index (Phi) is 5.33. The Morgan fingerprint density at radius 2 is 1.74 bits per heavy atom. The van der Waals surface area contributed by atoms with E-state index in [1.165, 1.54) is 12.1 Å². The van der Waals surface area contributed by atoms with E-state index in [-0.39, 0.29) is 24.4 Å². The first kappa shape index (κ1) is 20.0. The number of amides is 1. The molecule has 0 spiro atoms. The third kappa shape index (κ3) is 4.00. The molecular weight excluding hydrogens is 421 g/mol. The zero-order valence-corrected chi connectivity index (χ0v) is 17.5. The van der Waals surface area contributed by atoms with E-state index in [0.29, 0.717) is 36.0 Å². The Labute approximate surface area is 184 Å². The van der Waals surface area contributed by atoms with Crippen LogP contribution in [0.5, 0.6) is 0 Å². The Bertz CT molecular complexity index is 1080. The summed E-state index contributed by atoms with van der Waals surface area (Å²) in [5.74, 6) is -0.411. The van der Waals surface area contributed by atoms with Gasteiger partial charge in [0.2, 0.25) is 0 Å². The third-order valence-electron chi connectivity index (χ3n) is 5.80. The minimum Gasteiger partial charge on any atom is -0.368 e. The van der Waals surface area contributed by atoms with Gasteiger partial charge in [0.15, 0.2) is 5.69 Å². The van der Waals surface area contributed by atoms with Gasteiger partial charge in [-0.25, -0.2) is 9.07 Å². The number of benzene rings is 2. The smallest absolute Gasteiger partial charge is 0.276 e. The number of anilines is 1. The van der Waals surface area contributed by atoms with Gasteiger partial charge in [-0.2, -0.15) is 0 Å². The van der Waals surface area contributed by atoms with Crippen molar-refractivity contribution < 1.29 is 13.9 Å². The second-order valence-electron chi connectivity index (χ2n) is 7.67. The summed E-state index contributed by atoms with van der Waals surface area (Å²) in [5, 5.41) is 9.04. The SMILES string of the molecule is O=C(c1nnn2c1CO[C@@H](c1ccc(F)cc1)C2)N1CCN(c2ccc(Cl)cc2)CC1. The standard InChI is InChI=1S/C22H21ClFN5O2/c23-16-3-7-18(8-4-16)27-9-11-28(12-10-27)22(30)21-19-14-31-20(13-29(19)26-25-21)15-1-5-17(24)6-2-15/h1-8,20H,9-14H2/t20-/m1/s1. The van der Waals surface area contributed by atoms with E-state index >= 15 is 0 Å². The molecule has 9 heteroatoms. The minimum absolute atomic E-state index is 0.124. The second-order valence-corrected chi connectivity index (χ2v) is 8.11. The monoisotopic (exact) mass is 441 g/mol. The van der Waals surface area contributed by atoms with Gasteiger partial charge in [-0.1, -0.05) is 28.9 Å². The Morgan fingerprint density at radius 1 is 1.03 bits per heavy atom. The summed E-state index contributed by atoms with van der Waals surface area (Å²) in [6.07, 6.45) is -0.249. The van der Waals surface area contributed by atoms with Crippen LogP contribution in [-0.4, -0.2) is 52.0 Å². The summed E-state index contributed by atoms with van der Waals surface area (Å²) in [5.41, 5.74) is 2.99. The first-order valence-electron chi connectivity index (χ1n) is 10.2. The third-order valence-corrected chi connectivity index (χ3v) is 6.05. The van der Waals surface area contributed by atoms with Crippen LogP contribution in [0, 0.1) is 5.82 Å². The molecule has 7 nitrogen and oxygen atoms in total. The van der Waals surface area contributed by atoms with Crippen LogP contribution in [0.25, 0.3) is 0 Å². The maximum absolute atomic E-state index is 13.2. The van der Waals surface area contributed by atoms with Crippen LogP contribution in [0.1, 0.15) is 27.8 Å². The Morgan fingerprint density at radius 3 is 2.45 bits per heavy atom. The summed E-state index contributed by atoms with van der Waals surface area (Å²) in [7, 11) is 0. The number of halogens is 2. The molecule has 31 heavy (non-hydrogen) atoms. The molecule has 160 valence electrons. The van der Waals surface area contributed by atoms with Gasteiger partial charge in [0, 0.05) is 36.9 Å². The van der Waals surface area contributed by atoms with Gasteiger partial charge in [0.05, 0.1) is 18.8 Å². The lowest BCUT2D eigenvalue weighted by atomic mass is 10.1.